The fourth-order valence-corrected chi connectivity index (χ4v) is 4.41. The maximum Gasteiger partial charge on any atom is 0.213 e. The lowest BCUT2D eigenvalue weighted by Crippen LogP contribution is -2.18. The molecule has 0 fully saturated rings. The number of rotatable bonds is 4. The third-order valence-electron chi connectivity index (χ3n) is 4.68. The molecule has 0 saturated heterocycles. The van der Waals surface area contributed by atoms with Crippen LogP contribution in [-0.2, 0) is 15.8 Å². The molecule has 0 aliphatic carbocycles. The first-order chi connectivity index (χ1) is 13.7. The zero-order chi connectivity index (χ0) is 20.8. The predicted octanol–water partition coefficient (Wildman–Crippen LogP) is 4.43. The highest BCUT2D eigenvalue weighted by atomic mass is 35.5. The van der Waals surface area contributed by atoms with E-state index in [0.717, 1.165) is 5.56 Å². The summed E-state index contributed by atoms with van der Waals surface area (Å²) in [5.74, 6) is 0.296. The smallest absolute Gasteiger partial charge is 0.213 e. The topological polar surface area (TPSA) is 78.6 Å². The van der Waals surface area contributed by atoms with Crippen molar-refractivity contribution in [2.24, 2.45) is 5.14 Å². The Morgan fingerprint density at radius 3 is 2.66 bits per heavy atom. The van der Waals surface area contributed by atoms with Crippen molar-refractivity contribution in [1.82, 2.24) is 0 Å². The zero-order valence-corrected chi connectivity index (χ0v) is 16.9. The van der Waals surface area contributed by atoms with E-state index in [1.807, 2.05) is 0 Å². The van der Waals surface area contributed by atoms with Crippen LogP contribution < -0.4 is 14.6 Å². The van der Waals surface area contributed by atoms with Crippen molar-refractivity contribution in [3.05, 3.63) is 82.1 Å². The van der Waals surface area contributed by atoms with Crippen molar-refractivity contribution in [3.8, 4) is 22.6 Å². The van der Waals surface area contributed by atoms with Gasteiger partial charge in [0.1, 0.15) is 23.4 Å². The molecule has 4 rings (SSSR count). The molecular weight excluding hydrogens is 417 g/mol. The number of hydrogen-bond donors (Lipinski definition) is 1. The van der Waals surface area contributed by atoms with Gasteiger partial charge in [-0.1, -0.05) is 41.9 Å². The molecule has 8 heteroatoms. The number of halogens is 2. The van der Waals surface area contributed by atoms with E-state index in [1.54, 1.807) is 42.5 Å². The number of fused-ring (bicyclic) bond motifs is 3. The van der Waals surface area contributed by atoms with Gasteiger partial charge in [0.05, 0.1) is 18.4 Å². The average Bonchev–Trinajstić information content (AvgIpc) is 2.65. The normalized spacial score (nSPS) is 15.2. The highest BCUT2D eigenvalue weighted by Crippen LogP contribution is 2.50. The van der Waals surface area contributed by atoms with Crippen molar-refractivity contribution in [2.45, 2.75) is 11.9 Å². The van der Waals surface area contributed by atoms with Crippen LogP contribution in [0.15, 0.2) is 54.6 Å². The second kappa shape index (κ2) is 7.33. The molecule has 1 heterocycles. The molecule has 0 spiro atoms. The summed E-state index contributed by atoms with van der Waals surface area (Å²) in [7, 11) is -2.19. The minimum absolute atomic E-state index is 0.319. The molecule has 0 saturated carbocycles. The molecule has 2 N–H and O–H groups in total. The zero-order valence-electron chi connectivity index (χ0n) is 15.4. The summed E-state index contributed by atoms with van der Waals surface area (Å²) in [5.41, 5.74) is 3.26. The quantitative estimate of drug-likeness (QED) is 0.660. The first-order valence-corrected chi connectivity index (χ1v) is 10.8. The van der Waals surface area contributed by atoms with Gasteiger partial charge in [0.25, 0.3) is 0 Å². The van der Waals surface area contributed by atoms with Crippen molar-refractivity contribution in [3.63, 3.8) is 0 Å². The van der Waals surface area contributed by atoms with Crippen LogP contribution >= 0.6 is 11.6 Å². The maximum absolute atomic E-state index is 13.9. The Kier molecular flexibility index (Phi) is 4.98. The number of benzene rings is 3. The van der Waals surface area contributed by atoms with Crippen LogP contribution in [0.5, 0.6) is 11.5 Å². The standard InChI is InChI=1S/C21H17ClFNO4S/c1-27-18-9-14(22)10-19-20(18)16-6-5-12(11-29(24,25)26)7-17(16)21(28-19)13-3-2-4-15(23)8-13/h2-10,21H,11H2,1H3,(H2,24,25,26). The lowest BCUT2D eigenvalue weighted by Gasteiger charge is -2.30. The summed E-state index contributed by atoms with van der Waals surface area (Å²) in [6.45, 7) is 0. The number of sulfonamides is 1. The van der Waals surface area contributed by atoms with Gasteiger partial charge in [-0.3, -0.25) is 0 Å². The third kappa shape index (κ3) is 3.94. The fraction of sp³-hybridized carbons (Fsp3) is 0.143. The third-order valence-corrected chi connectivity index (χ3v) is 5.64. The van der Waals surface area contributed by atoms with E-state index in [0.29, 0.717) is 38.8 Å². The van der Waals surface area contributed by atoms with Crippen LogP contribution in [0.1, 0.15) is 22.8 Å². The van der Waals surface area contributed by atoms with Crippen molar-refractivity contribution >= 4 is 21.6 Å². The Morgan fingerprint density at radius 2 is 1.97 bits per heavy atom. The van der Waals surface area contributed by atoms with Crippen LogP contribution in [-0.4, -0.2) is 15.5 Å². The Hall–Kier alpha value is -2.61. The molecule has 3 aromatic rings. The van der Waals surface area contributed by atoms with E-state index in [1.165, 1.54) is 19.2 Å². The summed E-state index contributed by atoms with van der Waals surface area (Å²) in [6, 6.07) is 14.6. The summed E-state index contributed by atoms with van der Waals surface area (Å²) in [5, 5.41) is 5.64. The summed E-state index contributed by atoms with van der Waals surface area (Å²) >= 11 is 6.20. The monoisotopic (exact) mass is 433 g/mol. The lowest BCUT2D eigenvalue weighted by molar-refractivity contribution is 0.241. The summed E-state index contributed by atoms with van der Waals surface area (Å²) < 4.78 is 48.7. The van der Waals surface area contributed by atoms with Crippen LogP contribution in [0.25, 0.3) is 11.1 Å². The minimum atomic E-state index is -3.71. The van der Waals surface area contributed by atoms with E-state index < -0.39 is 21.9 Å². The molecule has 29 heavy (non-hydrogen) atoms. The fourth-order valence-electron chi connectivity index (χ4n) is 3.56. The van der Waals surface area contributed by atoms with Crippen molar-refractivity contribution in [1.29, 1.82) is 0 Å². The highest BCUT2D eigenvalue weighted by molar-refractivity contribution is 7.88. The molecule has 150 valence electrons. The Balaban J connectivity index is 1.95. The molecule has 0 aromatic heterocycles. The molecule has 0 amide bonds. The van der Waals surface area contributed by atoms with Crippen LogP contribution in [0.4, 0.5) is 4.39 Å². The largest absolute Gasteiger partial charge is 0.496 e. The van der Waals surface area contributed by atoms with E-state index >= 15 is 0 Å². The SMILES string of the molecule is COc1cc(Cl)cc2c1-c1ccc(CS(N)(=O)=O)cc1C(c1cccc(F)c1)O2. The second-order valence-electron chi connectivity index (χ2n) is 6.76. The Morgan fingerprint density at radius 1 is 1.17 bits per heavy atom. The van der Waals surface area contributed by atoms with Crippen molar-refractivity contribution < 1.29 is 22.3 Å². The Labute approximate surface area is 172 Å². The average molecular weight is 434 g/mol. The molecule has 5 nitrogen and oxygen atoms in total. The van der Waals surface area contributed by atoms with Crippen LogP contribution in [0.2, 0.25) is 5.02 Å². The van der Waals surface area contributed by atoms with E-state index in [9.17, 15) is 12.8 Å². The highest BCUT2D eigenvalue weighted by Gasteiger charge is 2.31. The molecule has 3 aromatic carbocycles. The van der Waals surface area contributed by atoms with Gasteiger partial charge in [0, 0.05) is 10.6 Å². The molecule has 0 bridgehead atoms. The molecule has 1 atom stereocenters. The lowest BCUT2D eigenvalue weighted by atomic mass is 9.88. The number of nitrogens with two attached hydrogens (primary N) is 1. The van der Waals surface area contributed by atoms with E-state index in [4.69, 9.17) is 26.2 Å². The molecule has 1 aliphatic rings. The number of methoxy groups -OCH3 is 1. The van der Waals surface area contributed by atoms with Gasteiger partial charge in [-0.15, -0.1) is 0 Å². The number of hydrogen-bond acceptors (Lipinski definition) is 4. The summed E-state index contributed by atoms with van der Waals surface area (Å²) in [6.07, 6.45) is -0.656. The molecule has 1 aliphatic heterocycles. The first-order valence-electron chi connectivity index (χ1n) is 8.68. The molecule has 0 radical (unpaired) electrons. The summed E-state index contributed by atoms with van der Waals surface area (Å²) in [4.78, 5) is 0. The number of ether oxygens (including phenoxy) is 2. The first kappa shape index (κ1) is 19.7. The van der Waals surface area contributed by atoms with E-state index in [-0.39, 0.29) is 5.75 Å². The van der Waals surface area contributed by atoms with Gasteiger partial charge >= 0.3 is 0 Å². The second-order valence-corrected chi connectivity index (χ2v) is 8.81. The van der Waals surface area contributed by atoms with Gasteiger partial charge in [0.15, 0.2) is 0 Å². The maximum atomic E-state index is 13.9. The van der Waals surface area contributed by atoms with Crippen LogP contribution in [0.3, 0.4) is 0 Å². The minimum Gasteiger partial charge on any atom is -0.496 e. The molecule has 1 unspecified atom stereocenters. The Bertz CT molecular complexity index is 1210. The van der Waals surface area contributed by atoms with Gasteiger partial charge in [-0.05, 0) is 41.0 Å². The van der Waals surface area contributed by atoms with Gasteiger partial charge in [-0.2, -0.15) is 0 Å². The predicted molar refractivity (Wildman–Crippen MR) is 109 cm³/mol. The van der Waals surface area contributed by atoms with Gasteiger partial charge in [0.2, 0.25) is 10.0 Å². The van der Waals surface area contributed by atoms with Crippen LogP contribution in [0, 0.1) is 5.82 Å². The number of primary sulfonamides is 1. The van der Waals surface area contributed by atoms with Gasteiger partial charge < -0.3 is 9.47 Å². The van der Waals surface area contributed by atoms with Crippen molar-refractivity contribution in [2.75, 3.05) is 7.11 Å². The molecular formula is C21H17ClFNO4S. The van der Waals surface area contributed by atoms with Gasteiger partial charge in [-0.25, -0.2) is 17.9 Å². The van der Waals surface area contributed by atoms with E-state index in [2.05, 4.69) is 0 Å².